The van der Waals surface area contributed by atoms with Crippen molar-refractivity contribution in [3.8, 4) is 0 Å². The molecule has 110 valence electrons. The molecule has 1 fully saturated rings. The van der Waals surface area contributed by atoms with Gasteiger partial charge in [-0.25, -0.2) is 0 Å². The Bertz CT molecular complexity index is 414. The van der Waals surface area contributed by atoms with E-state index in [9.17, 15) is 4.79 Å². The number of amides is 1. The van der Waals surface area contributed by atoms with E-state index in [-0.39, 0.29) is 5.91 Å². The molecular weight excluding hydrogens is 252 g/mol. The Labute approximate surface area is 121 Å². The third-order valence-corrected chi connectivity index (χ3v) is 3.70. The fourth-order valence-corrected chi connectivity index (χ4v) is 2.50. The molecule has 0 aliphatic carbocycles. The van der Waals surface area contributed by atoms with Gasteiger partial charge in [-0.1, -0.05) is 18.2 Å². The van der Waals surface area contributed by atoms with Crippen LogP contribution in [0.1, 0.15) is 23.2 Å². The van der Waals surface area contributed by atoms with E-state index in [0.29, 0.717) is 6.04 Å². The van der Waals surface area contributed by atoms with Crippen LogP contribution in [0.5, 0.6) is 0 Å². The molecule has 4 heteroatoms. The van der Waals surface area contributed by atoms with Crippen LogP contribution in [0, 0.1) is 0 Å². The Morgan fingerprint density at radius 3 is 2.40 bits per heavy atom. The van der Waals surface area contributed by atoms with Crippen LogP contribution in [0.4, 0.5) is 0 Å². The second-order valence-electron chi connectivity index (χ2n) is 5.51. The van der Waals surface area contributed by atoms with E-state index in [2.05, 4.69) is 4.90 Å². The molecule has 2 rings (SSSR count). The molecule has 0 aromatic heterocycles. The normalized spacial score (nSPS) is 16.4. The van der Waals surface area contributed by atoms with Crippen molar-refractivity contribution < 1.29 is 9.53 Å². The highest BCUT2D eigenvalue weighted by Crippen LogP contribution is 2.17. The molecule has 0 unspecified atom stereocenters. The minimum atomic E-state index is 0.138. The molecule has 20 heavy (non-hydrogen) atoms. The molecule has 1 aromatic rings. The molecule has 0 spiro atoms. The molecule has 0 radical (unpaired) electrons. The number of rotatable bonds is 5. The summed E-state index contributed by atoms with van der Waals surface area (Å²) in [5.74, 6) is 0.138. The van der Waals surface area contributed by atoms with Gasteiger partial charge in [-0.3, -0.25) is 4.79 Å². The number of ether oxygens (including phenoxy) is 1. The third kappa shape index (κ3) is 4.05. The van der Waals surface area contributed by atoms with Crippen LogP contribution in [-0.2, 0) is 4.74 Å². The molecule has 0 atom stereocenters. The molecule has 1 amide bonds. The van der Waals surface area contributed by atoms with Gasteiger partial charge in [0.25, 0.3) is 5.91 Å². The van der Waals surface area contributed by atoms with Gasteiger partial charge < -0.3 is 14.5 Å². The van der Waals surface area contributed by atoms with Crippen molar-refractivity contribution in [2.75, 3.05) is 40.4 Å². The zero-order valence-corrected chi connectivity index (χ0v) is 12.4. The topological polar surface area (TPSA) is 32.8 Å². The smallest absolute Gasteiger partial charge is 0.254 e. The Kier molecular flexibility index (Phi) is 5.56. The van der Waals surface area contributed by atoms with Gasteiger partial charge in [-0.05, 0) is 39.1 Å². The van der Waals surface area contributed by atoms with Crippen molar-refractivity contribution in [1.82, 2.24) is 9.80 Å². The highest BCUT2D eigenvalue weighted by molar-refractivity contribution is 5.94. The number of nitrogens with zero attached hydrogens (tertiary/aromatic N) is 2. The summed E-state index contributed by atoms with van der Waals surface area (Å²) in [6.07, 6.45) is 1.87. The quantitative estimate of drug-likeness (QED) is 0.823. The maximum atomic E-state index is 12.7. The highest BCUT2D eigenvalue weighted by Gasteiger charge is 2.26. The lowest BCUT2D eigenvalue weighted by Crippen LogP contribution is -2.46. The van der Waals surface area contributed by atoms with Gasteiger partial charge in [0.2, 0.25) is 0 Å². The molecule has 1 saturated heterocycles. The van der Waals surface area contributed by atoms with E-state index in [4.69, 9.17) is 4.74 Å². The summed E-state index contributed by atoms with van der Waals surface area (Å²) in [4.78, 5) is 16.9. The van der Waals surface area contributed by atoms with E-state index in [1.807, 2.05) is 49.3 Å². The van der Waals surface area contributed by atoms with Crippen molar-refractivity contribution >= 4 is 5.91 Å². The Morgan fingerprint density at radius 1 is 1.15 bits per heavy atom. The van der Waals surface area contributed by atoms with Gasteiger partial charge in [-0.2, -0.15) is 0 Å². The summed E-state index contributed by atoms with van der Waals surface area (Å²) in [6, 6.07) is 9.86. The molecule has 4 nitrogen and oxygen atoms in total. The molecule has 0 saturated carbocycles. The van der Waals surface area contributed by atoms with Crippen LogP contribution in [0.15, 0.2) is 30.3 Å². The zero-order valence-electron chi connectivity index (χ0n) is 12.4. The van der Waals surface area contributed by atoms with E-state index in [1.165, 1.54) is 0 Å². The minimum Gasteiger partial charge on any atom is -0.381 e. The number of carbonyl (C=O) groups is 1. The lowest BCUT2D eigenvalue weighted by molar-refractivity contribution is 0.0276. The lowest BCUT2D eigenvalue weighted by atomic mass is 10.1. The predicted molar refractivity (Wildman–Crippen MR) is 79.9 cm³/mol. The van der Waals surface area contributed by atoms with E-state index < -0.39 is 0 Å². The fourth-order valence-electron chi connectivity index (χ4n) is 2.50. The first-order chi connectivity index (χ1) is 9.68. The third-order valence-electron chi connectivity index (χ3n) is 3.70. The number of hydrogen-bond donors (Lipinski definition) is 0. The second kappa shape index (κ2) is 7.41. The standard InChI is InChI=1S/C16H24N2O2/c1-17(2)10-11-18(15-8-12-20-13-9-15)16(19)14-6-4-3-5-7-14/h3-7,15H,8-13H2,1-2H3. The maximum Gasteiger partial charge on any atom is 0.254 e. The minimum absolute atomic E-state index is 0.138. The number of hydrogen-bond acceptors (Lipinski definition) is 3. The van der Waals surface area contributed by atoms with Crippen molar-refractivity contribution in [3.63, 3.8) is 0 Å². The van der Waals surface area contributed by atoms with Crippen molar-refractivity contribution in [1.29, 1.82) is 0 Å². The average Bonchev–Trinajstić information content (AvgIpc) is 2.49. The zero-order chi connectivity index (χ0) is 14.4. The first-order valence-corrected chi connectivity index (χ1v) is 7.27. The molecule has 1 heterocycles. The van der Waals surface area contributed by atoms with E-state index in [0.717, 1.165) is 44.7 Å². The molecule has 1 aliphatic rings. The van der Waals surface area contributed by atoms with Gasteiger partial charge in [0.15, 0.2) is 0 Å². The largest absolute Gasteiger partial charge is 0.381 e. The van der Waals surface area contributed by atoms with E-state index in [1.54, 1.807) is 0 Å². The van der Waals surface area contributed by atoms with Crippen LogP contribution < -0.4 is 0 Å². The summed E-state index contributed by atoms with van der Waals surface area (Å²) in [7, 11) is 4.07. The van der Waals surface area contributed by atoms with Gasteiger partial charge in [0.1, 0.15) is 0 Å². The number of benzene rings is 1. The first-order valence-electron chi connectivity index (χ1n) is 7.27. The van der Waals surface area contributed by atoms with Crippen LogP contribution >= 0.6 is 0 Å². The second-order valence-corrected chi connectivity index (χ2v) is 5.51. The lowest BCUT2D eigenvalue weighted by Gasteiger charge is -2.35. The van der Waals surface area contributed by atoms with Crippen molar-refractivity contribution in [2.45, 2.75) is 18.9 Å². The summed E-state index contributed by atoms with van der Waals surface area (Å²) in [5.41, 5.74) is 0.776. The summed E-state index contributed by atoms with van der Waals surface area (Å²) in [6.45, 7) is 3.16. The SMILES string of the molecule is CN(C)CCN(C(=O)c1ccccc1)C1CCOCC1. The monoisotopic (exact) mass is 276 g/mol. The van der Waals surface area contributed by atoms with Gasteiger partial charge >= 0.3 is 0 Å². The number of likely N-dealkylation sites (N-methyl/N-ethyl adjacent to an activating group) is 1. The van der Waals surface area contributed by atoms with E-state index >= 15 is 0 Å². The molecule has 1 aliphatic heterocycles. The average molecular weight is 276 g/mol. The summed E-state index contributed by atoms with van der Waals surface area (Å²) < 4.78 is 5.41. The fraction of sp³-hybridized carbons (Fsp3) is 0.562. The Balaban J connectivity index is 2.10. The van der Waals surface area contributed by atoms with Crippen LogP contribution in [0.2, 0.25) is 0 Å². The Hall–Kier alpha value is -1.39. The molecule has 0 N–H and O–H groups in total. The van der Waals surface area contributed by atoms with Crippen molar-refractivity contribution in [3.05, 3.63) is 35.9 Å². The summed E-state index contributed by atoms with van der Waals surface area (Å²) >= 11 is 0. The predicted octanol–water partition coefficient (Wildman–Crippen LogP) is 1.87. The Morgan fingerprint density at radius 2 is 1.80 bits per heavy atom. The summed E-state index contributed by atoms with van der Waals surface area (Å²) in [5, 5.41) is 0. The van der Waals surface area contributed by atoms with Gasteiger partial charge in [0.05, 0.1) is 0 Å². The van der Waals surface area contributed by atoms with Crippen LogP contribution in [0.3, 0.4) is 0 Å². The van der Waals surface area contributed by atoms with Crippen molar-refractivity contribution in [2.24, 2.45) is 0 Å². The van der Waals surface area contributed by atoms with Gasteiger partial charge in [-0.15, -0.1) is 0 Å². The number of carbonyl (C=O) groups excluding carboxylic acids is 1. The molecule has 1 aromatic carbocycles. The van der Waals surface area contributed by atoms with Crippen LogP contribution in [0.25, 0.3) is 0 Å². The van der Waals surface area contributed by atoms with Gasteiger partial charge in [0, 0.05) is 37.9 Å². The first kappa shape index (κ1) is 15.0. The highest BCUT2D eigenvalue weighted by atomic mass is 16.5. The molecular formula is C16H24N2O2. The molecule has 0 bridgehead atoms. The maximum absolute atomic E-state index is 12.7. The van der Waals surface area contributed by atoms with Crippen LogP contribution in [-0.4, -0.2) is 62.1 Å².